The third-order valence-corrected chi connectivity index (χ3v) is 4.03. The monoisotopic (exact) mass is 333 g/mol. The summed E-state index contributed by atoms with van der Waals surface area (Å²) in [7, 11) is 0. The predicted molar refractivity (Wildman–Crippen MR) is 94.6 cm³/mol. The second kappa shape index (κ2) is 8.31. The zero-order chi connectivity index (χ0) is 17.7. The Morgan fingerprint density at radius 3 is 2.75 bits per heavy atom. The fraction of sp³-hybridized carbons (Fsp3) is 0.526. The molecule has 2 N–H and O–H groups in total. The first-order valence-corrected chi connectivity index (χ1v) is 8.53. The molecule has 2 unspecified atom stereocenters. The lowest BCUT2D eigenvalue weighted by Crippen LogP contribution is -2.36. The molecule has 1 heterocycles. The molecular formula is C19H27NO4. The van der Waals surface area contributed by atoms with Crippen LogP contribution in [0.5, 0.6) is 5.75 Å². The Balaban J connectivity index is 2.05. The normalized spacial score (nSPS) is 14.1. The summed E-state index contributed by atoms with van der Waals surface area (Å²) in [6, 6.07) is 7.52. The number of fused-ring (bicyclic) bond motifs is 1. The molecule has 0 amide bonds. The van der Waals surface area contributed by atoms with Crippen molar-refractivity contribution in [2.24, 2.45) is 5.92 Å². The van der Waals surface area contributed by atoms with Crippen LogP contribution in [0.15, 0.2) is 28.7 Å². The summed E-state index contributed by atoms with van der Waals surface area (Å²) in [6.07, 6.45) is 0.409. The molecule has 2 rings (SSSR count). The summed E-state index contributed by atoms with van der Waals surface area (Å²) in [4.78, 5) is 12.1. The zero-order valence-electron chi connectivity index (χ0n) is 14.8. The maximum Gasteiger partial charge on any atom is 0.200 e. The number of hydrogen-bond donors (Lipinski definition) is 2. The van der Waals surface area contributed by atoms with Crippen LogP contribution in [0, 0.1) is 5.92 Å². The number of aliphatic hydroxyl groups is 1. The molecule has 0 saturated heterocycles. The molecule has 24 heavy (non-hydrogen) atoms. The lowest BCUT2D eigenvalue weighted by Gasteiger charge is -2.16. The van der Waals surface area contributed by atoms with E-state index in [0.29, 0.717) is 29.7 Å². The molecule has 2 aromatic rings. The lowest BCUT2D eigenvalue weighted by molar-refractivity contribution is 0.0913. The third kappa shape index (κ3) is 4.58. The second-order valence-corrected chi connectivity index (χ2v) is 6.48. The van der Waals surface area contributed by atoms with Crippen molar-refractivity contribution < 1.29 is 19.1 Å². The molecule has 5 heteroatoms. The van der Waals surface area contributed by atoms with Gasteiger partial charge in [0, 0.05) is 18.5 Å². The van der Waals surface area contributed by atoms with E-state index in [1.54, 1.807) is 12.1 Å². The van der Waals surface area contributed by atoms with E-state index >= 15 is 0 Å². The van der Waals surface area contributed by atoms with Gasteiger partial charge in [-0.05, 0) is 31.5 Å². The van der Waals surface area contributed by atoms with Crippen molar-refractivity contribution in [1.82, 2.24) is 5.32 Å². The Morgan fingerprint density at radius 1 is 1.33 bits per heavy atom. The van der Waals surface area contributed by atoms with E-state index in [9.17, 15) is 9.90 Å². The van der Waals surface area contributed by atoms with E-state index < -0.39 is 6.10 Å². The Morgan fingerprint density at radius 2 is 2.08 bits per heavy atom. The number of Topliss-reactive ketones (excluding diaryl/α,β-unsaturated/α-hetero) is 1. The van der Waals surface area contributed by atoms with Gasteiger partial charge in [0.05, 0.1) is 5.39 Å². The van der Waals surface area contributed by atoms with Crippen molar-refractivity contribution in [2.45, 2.75) is 46.3 Å². The highest BCUT2D eigenvalue weighted by atomic mass is 16.5. The highest BCUT2D eigenvalue weighted by molar-refractivity contribution is 5.99. The van der Waals surface area contributed by atoms with E-state index in [2.05, 4.69) is 19.2 Å². The Hall–Kier alpha value is -1.85. The number of carbonyl (C=O) groups excluding carboxylic acids is 1. The number of ketones is 1. The highest BCUT2D eigenvalue weighted by Crippen LogP contribution is 2.29. The molecule has 1 aromatic carbocycles. The first kappa shape index (κ1) is 18.5. The van der Waals surface area contributed by atoms with Crippen LogP contribution in [-0.4, -0.2) is 36.2 Å². The molecule has 2 atom stereocenters. The van der Waals surface area contributed by atoms with Crippen molar-refractivity contribution in [1.29, 1.82) is 0 Å². The molecule has 0 aliphatic rings. The van der Waals surface area contributed by atoms with Crippen molar-refractivity contribution in [3.05, 3.63) is 30.0 Å². The van der Waals surface area contributed by atoms with Crippen LogP contribution in [0.1, 0.15) is 44.7 Å². The minimum atomic E-state index is -0.599. The molecule has 0 bridgehead atoms. The number of carbonyl (C=O) groups is 1. The van der Waals surface area contributed by atoms with Gasteiger partial charge in [-0.3, -0.25) is 4.79 Å². The van der Waals surface area contributed by atoms with Crippen LogP contribution in [0.3, 0.4) is 0 Å². The fourth-order valence-corrected chi connectivity index (χ4v) is 2.29. The van der Waals surface area contributed by atoms with Gasteiger partial charge >= 0.3 is 0 Å². The van der Waals surface area contributed by atoms with Crippen LogP contribution in [0.25, 0.3) is 11.0 Å². The van der Waals surface area contributed by atoms with Crippen molar-refractivity contribution in [3.63, 3.8) is 0 Å². The van der Waals surface area contributed by atoms with Gasteiger partial charge in [0.1, 0.15) is 24.0 Å². The molecule has 0 aliphatic carbocycles. The minimum absolute atomic E-state index is 0.0325. The molecule has 5 nitrogen and oxygen atoms in total. The highest BCUT2D eigenvalue weighted by Gasteiger charge is 2.18. The standard InChI is InChI=1S/C19H27NO4/c1-5-13(4)20-10-14(21)11-23-16-7-6-8-17-15(16)9-18(24-17)19(22)12(2)3/h6-9,12-14,20-21H,5,10-11H2,1-4H3. The number of hydrogen-bond acceptors (Lipinski definition) is 5. The molecule has 0 saturated carbocycles. The minimum Gasteiger partial charge on any atom is -0.490 e. The largest absolute Gasteiger partial charge is 0.490 e. The summed E-state index contributed by atoms with van der Waals surface area (Å²) < 4.78 is 11.4. The molecule has 132 valence electrons. The average molecular weight is 333 g/mol. The summed E-state index contributed by atoms with van der Waals surface area (Å²) in [5, 5.41) is 14.0. The summed E-state index contributed by atoms with van der Waals surface area (Å²) in [5.74, 6) is 0.801. The molecule has 0 fully saturated rings. The van der Waals surface area contributed by atoms with Gasteiger partial charge in [0.25, 0.3) is 0 Å². The summed E-state index contributed by atoms with van der Waals surface area (Å²) in [6.45, 7) is 8.51. The zero-order valence-corrected chi connectivity index (χ0v) is 14.8. The smallest absolute Gasteiger partial charge is 0.200 e. The van der Waals surface area contributed by atoms with E-state index in [4.69, 9.17) is 9.15 Å². The molecule has 0 spiro atoms. The molecule has 0 radical (unpaired) electrons. The third-order valence-electron chi connectivity index (χ3n) is 4.03. The van der Waals surface area contributed by atoms with E-state index in [1.165, 1.54) is 0 Å². The SMILES string of the molecule is CCC(C)NCC(O)COc1cccc2oc(C(=O)C(C)C)cc12. The second-order valence-electron chi connectivity index (χ2n) is 6.48. The molecule has 0 aliphatic heterocycles. The van der Waals surface area contributed by atoms with Gasteiger partial charge < -0.3 is 19.6 Å². The predicted octanol–water partition coefficient (Wildman–Crippen LogP) is 3.40. The van der Waals surface area contributed by atoms with Crippen molar-refractivity contribution in [2.75, 3.05) is 13.2 Å². The number of aliphatic hydroxyl groups excluding tert-OH is 1. The molecular weight excluding hydrogens is 306 g/mol. The van der Waals surface area contributed by atoms with Crippen molar-refractivity contribution >= 4 is 16.8 Å². The summed E-state index contributed by atoms with van der Waals surface area (Å²) in [5.41, 5.74) is 0.615. The Kier molecular flexibility index (Phi) is 6.40. The van der Waals surface area contributed by atoms with Crippen molar-refractivity contribution in [3.8, 4) is 5.75 Å². The quantitative estimate of drug-likeness (QED) is 0.688. The topological polar surface area (TPSA) is 71.7 Å². The van der Waals surface area contributed by atoms with Gasteiger partial charge in [0.15, 0.2) is 5.76 Å². The first-order chi connectivity index (χ1) is 11.4. The van der Waals surface area contributed by atoms with Crippen LogP contribution in [0.4, 0.5) is 0 Å². The maximum atomic E-state index is 12.1. The van der Waals surface area contributed by atoms with E-state index in [1.807, 2.05) is 26.0 Å². The maximum absolute atomic E-state index is 12.1. The van der Waals surface area contributed by atoms with E-state index in [-0.39, 0.29) is 18.3 Å². The Bertz CT molecular complexity index is 677. The number of benzene rings is 1. The van der Waals surface area contributed by atoms with Gasteiger partial charge in [-0.25, -0.2) is 0 Å². The van der Waals surface area contributed by atoms with Crippen LogP contribution >= 0.6 is 0 Å². The first-order valence-electron chi connectivity index (χ1n) is 8.53. The van der Waals surface area contributed by atoms with Crippen LogP contribution in [0.2, 0.25) is 0 Å². The summed E-state index contributed by atoms with van der Waals surface area (Å²) >= 11 is 0. The number of nitrogens with one attached hydrogen (secondary N) is 1. The molecule has 1 aromatic heterocycles. The number of rotatable bonds is 9. The lowest BCUT2D eigenvalue weighted by atomic mass is 10.1. The van der Waals surface area contributed by atoms with Crippen LogP contribution < -0.4 is 10.1 Å². The van der Waals surface area contributed by atoms with Gasteiger partial charge in [0.2, 0.25) is 5.78 Å². The van der Waals surface area contributed by atoms with Crippen LogP contribution in [-0.2, 0) is 0 Å². The fourth-order valence-electron chi connectivity index (χ4n) is 2.29. The van der Waals surface area contributed by atoms with E-state index in [0.717, 1.165) is 11.8 Å². The van der Waals surface area contributed by atoms with Gasteiger partial charge in [-0.2, -0.15) is 0 Å². The van der Waals surface area contributed by atoms with Gasteiger partial charge in [-0.15, -0.1) is 0 Å². The average Bonchev–Trinajstić information content (AvgIpc) is 3.01. The van der Waals surface area contributed by atoms with Gasteiger partial charge in [-0.1, -0.05) is 26.8 Å². The number of ether oxygens (including phenoxy) is 1. The Labute approximate surface area is 143 Å². The number of furan rings is 1.